The van der Waals surface area contributed by atoms with E-state index in [1.54, 1.807) is 11.3 Å². The quantitative estimate of drug-likeness (QED) is 0.330. The second-order valence-corrected chi connectivity index (χ2v) is 7.94. The van der Waals surface area contributed by atoms with Crippen LogP contribution >= 0.6 is 35.3 Å². The molecule has 0 aliphatic carbocycles. The Morgan fingerprint density at radius 3 is 2.67 bits per heavy atom. The van der Waals surface area contributed by atoms with E-state index in [-0.39, 0.29) is 29.9 Å². The average Bonchev–Trinajstić information content (AvgIpc) is 3.10. The summed E-state index contributed by atoms with van der Waals surface area (Å²) in [6, 6.07) is 0. The third-order valence-electron chi connectivity index (χ3n) is 4.33. The van der Waals surface area contributed by atoms with E-state index < -0.39 is 12.7 Å². The number of aryl methyl sites for hydroxylation is 2. The van der Waals surface area contributed by atoms with Crippen molar-refractivity contribution in [1.29, 1.82) is 0 Å². The molecule has 0 radical (unpaired) electrons. The summed E-state index contributed by atoms with van der Waals surface area (Å²) < 4.78 is 37.4. The van der Waals surface area contributed by atoms with Crippen LogP contribution in [0, 0.1) is 19.8 Å². The fourth-order valence-corrected chi connectivity index (χ4v) is 3.89. The molecule has 1 atom stereocenters. The summed E-state index contributed by atoms with van der Waals surface area (Å²) in [5, 5.41) is 7.57. The summed E-state index contributed by atoms with van der Waals surface area (Å²) in [5.74, 6) is 0.892. The molecule has 156 valence electrons. The minimum Gasteiger partial charge on any atom is -0.357 e. The first-order valence-electron chi connectivity index (χ1n) is 9.01. The molecule has 1 unspecified atom stereocenters. The van der Waals surface area contributed by atoms with Gasteiger partial charge in [0.25, 0.3) is 0 Å². The van der Waals surface area contributed by atoms with Crippen LogP contribution in [-0.4, -0.2) is 61.3 Å². The normalized spacial score (nSPS) is 18.4. The fraction of sp³-hybridized carbons (Fsp3) is 0.765. The lowest BCUT2D eigenvalue weighted by atomic mass is 10.1. The molecule has 1 aliphatic rings. The van der Waals surface area contributed by atoms with Crippen LogP contribution in [0.1, 0.15) is 28.9 Å². The number of hydrogen-bond donors (Lipinski definition) is 2. The van der Waals surface area contributed by atoms with Crippen molar-refractivity contribution in [2.45, 2.75) is 39.8 Å². The van der Waals surface area contributed by atoms with Crippen molar-refractivity contribution in [1.82, 2.24) is 20.5 Å². The van der Waals surface area contributed by atoms with Crippen LogP contribution < -0.4 is 10.6 Å². The molecule has 1 aromatic rings. The van der Waals surface area contributed by atoms with E-state index in [9.17, 15) is 13.2 Å². The SMILES string of the molecule is CCNC(=NCC1CCN(CC(F)(F)F)C1)NCCc1nc(C)c(C)s1.I. The van der Waals surface area contributed by atoms with Crippen LogP contribution in [0.5, 0.6) is 0 Å². The molecule has 0 saturated carbocycles. The van der Waals surface area contributed by atoms with Crippen LogP contribution in [0.25, 0.3) is 0 Å². The molecule has 0 spiro atoms. The highest BCUT2D eigenvalue weighted by Crippen LogP contribution is 2.22. The van der Waals surface area contributed by atoms with E-state index in [0.717, 1.165) is 36.6 Å². The van der Waals surface area contributed by atoms with E-state index in [0.29, 0.717) is 25.6 Å². The molecule has 10 heteroatoms. The maximum absolute atomic E-state index is 12.5. The van der Waals surface area contributed by atoms with E-state index in [1.807, 2.05) is 13.8 Å². The van der Waals surface area contributed by atoms with Gasteiger partial charge in [-0.05, 0) is 39.7 Å². The minimum atomic E-state index is -4.12. The maximum atomic E-state index is 12.5. The smallest absolute Gasteiger partial charge is 0.357 e. The van der Waals surface area contributed by atoms with Crippen LogP contribution in [0.3, 0.4) is 0 Å². The van der Waals surface area contributed by atoms with E-state index in [1.165, 1.54) is 9.78 Å². The third-order valence-corrected chi connectivity index (χ3v) is 5.46. The second kappa shape index (κ2) is 11.4. The number of rotatable bonds is 7. The highest BCUT2D eigenvalue weighted by atomic mass is 127. The van der Waals surface area contributed by atoms with Gasteiger partial charge < -0.3 is 10.6 Å². The fourth-order valence-electron chi connectivity index (χ4n) is 2.96. The summed E-state index contributed by atoms with van der Waals surface area (Å²) in [6.07, 6.45) is -2.54. The molecular formula is C17H29F3IN5S. The summed E-state index contributed by atoms with van der Waals surface area (Å²) in [4.78, 5) is 11.8. The molecule has 2 N–H and O–H groups in total. The van der Waals surface area contributed by atoms with Gasteiger partial charge in [-0.15, -0.1) is 35.3 Å². The standard InChI is InChI=1S/C17H28F3N5S.HI/c1-4-21-16(22-7-5-15-24-12(2)13(3)26-15)23-9-14-6-8-25(10-14)11-17(18,19)20;/h14H,4-11H2,1-3H3,(H2,21,22,23);1H. The Morgan fingerprint density at radius 2 is 2.07 bits per heavy atom. The first kappa shape index (κ1) is 24.4. The molecule has 0 bridgehead atoms. The van der Waals surface area contributed by atoms with Crippen molar-refractivity contribution in [2.24, 2.45) is 10.9 Å². The van der Waals surface area contributed by atoms with Crippen molar-refractivity contribution in [3.8, 4) is 0 Å². The van der Waals surface area contributed by atoms with Crippen LogP contribution in [0.15, 0.2) is 4.99 Å². The lowest BCUT2D eigenvalue weighted by Gasteiger charge is -2.17. The van der Waals surface area contributed by atoms with Crippen LogP contribution in [0.2, 0.25) is 0 Å². The Labute approximate surface area is 180 Å². The lowest BCUT2D eigenvalue weighted by Crippen LogP contribution is -2.38. The first-order chi connectivity index (χ1) is 12.3. The van der Waals surface area contributed by atoms with Crippen LogP contribution in [-0.2, 0) is 6.42 Å². The summed E-state index contributed by atoms with van der Waals surface area (Å²) in [5.41, 5.74) is 1.08. The molecule has 1 aliphatic heterocycles. The monoisotopic (exact) mass is 519 g/mol. The Balaban J connectivity index is 0.00000364. The molecular weight excluding hydrogens is 490 g/mol. The van der Waals surface area contributed by atoms with Gasteiger partial charge in [-0.2, -0.15) is 13.2 Å². The van der Waals surface area contributed by atoms with Gasteiger partial charge in [-0.1, -0.05) is 0 Å². The highest BCUT2D eigenvalue weighted by Gasteiger charge is 2.34. The van der Waals surface area contributed by atoms with Gasteiger partial charge in [0.1, 0.15) is 0 Å². The van der Waals surface area contributed by atoms with Gasteiger partial charge in [0.05, 0.1) is 17.2 Å². The number of thiazole rings is 1. The van der Waals surface area contributed by atoms with Gasteiger partial charge in [-0.25, -0.2) is 4.98 Å². The number of guanidine groups is 1. The number of nitrogens with one attached hydrogen (secondary N) is 2. The molecule has 1 fully saturated rings. The number of halogens is 4. The number of aromatic nitrogens is 1. The van der Waals surface area contributed by atoms with Crippen molar-refractivity contribution in [2.75, 3.05) is 39.3 Å². The van der Waals surface area contributed by atoms with Crippen molar-refractivity contribution in [3.05, 3.63) is 15.6 Å². The minimum absolute atomic E-state index is 0. The van der Waals surface area contributed by atoms with Crippen molar-refractivity contribution in [3.63, 3.8) is 0 Å². The average molecular weight is 519 g/mol. The molecule has 0 amide bonds. The zero-order valence-corrected chi connectivity index (χ0v) is 19.2. The largest absolute Gasteiger partial charge is 0.401 e. The van der Waals surface area contributed by atoms with Gasteiger partial charge in [-0.3, -0.25) is 9.89 Å². The zero-order chi connectivity index (χ0) is 19.2. The van der Waals surface area contributed by atoms with E-state index in [2.05, 4.69) is 27.5 Å². The highest BCUT2D eigenvalue weighted by molar-refractivity contribution is 14.0. The van der Waals surface area contributed by atoms with Gasteiger partial charge in [0.15, 0.2) is 5.96 Å². The summed E-state index contributed by atoms with van der Waals surface area (Å²) >= 11 is 1.71. The van der Waals surface area contributed by atoms with Gasteiger partial charge in [0.2, 0.25) is 0 Å². The number of likely N-dealkylation sites (tertiary alicyclic amines) is 1. The van der Waals surface area contributed by atoms with Gasteiger partial charge >= 0.3 is 6.18 Å². The Kier molecular flexibility index (Phi) is 10.3. The Bertz CT molecular complexity index is 586. The van der Waals surface area contributed by atoms with Gasteiger partial charge in [0, 0.05) is 37.5 Å². The summed E-state index contributed by atoms with van der Waals surface area (Å²) in [7, 11) is 0. The maximum Gasteiger partial charge on any atom is 0.401 e. The topological polar surface area (TPSA) is 52.6 Å². The Morgan fingerprint density at radius 1 is 1.33 bits per heavy atom. The molecule has 27 heavy (non-hydrogen) atoms. The zero-order valence-electron chi connectivity index (χ0n) is 16.0. The number of nitrogens with zero attached hydrogens (tertiary/aromatic N) is 3. The Hall–Kier alpha value is -0.620. The molecule has 1 aromatic heterocycles. The second-order valence-electron chi connectivity index (χ2n) is 6.65. The third kappa shape index (κ3) is 8.95. The molecule has 2 heterocycles. The number of aliphatic imine (C=N–C) groups is 1. The van der Waals surface area contributed by atoms with E-state index >= 15 is 0 Å². The summed E-state index contributed by atoms with van der Waals surface area (Å²) in [6.45, 7) is 8.21. The number of alkyl halides is 3. The van der Waals surface area contributed by atoms with Crippen molar-refractivity contribution < 1.29 is 13.2 Å². The lowest BCUT2D eigenvalue weighted by molar-refractivity contribution is -0.143. The first-order valence-corrected chi connectivity index (χ1v) is 9.82. The predicted molar refractivity (Wildman–Crippen MR) is 115 cm³/mol. The molecule has 1 saturated heterocycles. The predicted octanol–water partition coefficient (Wildman–Crippen LogP) is 3.36. The molecule has 5 nitrogen and oxygen atoms in total. The number of hydrogen-bond acceptors (Lipinski definition) is 4. The van der Waals surface area contributed by atoms with Crippen LogP contribution in [0.4, 0.5) is 13.2 Å². The molecule has 0 aromatic carbocycles. The van der Waals surface area contributed by atoms with E-state index in [4.69, 9.17) is 0 Å². The molecule has 2 rings (SSSR count). The van der Waals surface area contributed by atoms with Crippen molar-refractivity contribution >= 4 is 41.3 Å².